The Morgan fingerprint density at radius 1 is 1.54 bits per heavy atom. The molecule has 1 fully saturated rings. The zero-order valence-electron chi connectivity index (χ0n) is 8.03. The molecule has 1 heterocycles. The van der Waals surface area contributed by atoms with Crippen molar-refractivity contribution in [3.05, 3.63) is 30.1 Å². The number of nitrogens with one attached hydrogen (secondary N) is 1. The second-order valence-electron chi connectivity index (χ2n) is 3.77. The lowest BCUT2D eigenvalue weighted by Crippen LogP contribution is -2.17. The van der Waals surface area contributed by atoms with Crippen LogP contribution in [0, 0.1) is 5.92 Å². The summed E-state index contributed by atoms with van der Waals surface area (Å²) in [6.07, 6.45) is 5.93. The van der Waals surface area contributed by atoms with Crippen LogP contribution in [0.15, 0.2) is 24.4 Å². The number of aromatic nitrogens is 1. The molecule has 1 aromatic rings. The number of pyridine rings is 1. The first-order valence-corrected chi connectivity index (χ1v) is 4.98. The Balaban J connectivity index is 2.02. The highest BCUT2D eigenvalue weighted by Gasteiger charge is 2.25. The van der Waals surface area contributed by atoms with Crippen molar-refractivity contribution < 1.29 is 0 Å². The van der Waals surface area contributed by atoms with E-state index in [1.165, 1.54) is 25.0 Å². The summed E-state index contributed by atoms with van der Waals surface area (Å²) < 4.78 is 0. The van der Waals surface area contributed by atoms with Crippen molar-refractivity contribution in [3.63, 3.8) is 0 Å². The molecule has 1 aliphatic carbocycles. The monoisotopic (exact) mass is 176 g/mol. The molecule has 0 bridgehead atoms. The van der Waals surface area contributed by atoms with E-state index in [9.17, 15) is 0 Å². The molecule has 13 heavy (non-hydrogen) atoms. The minimum absolute atomic E-state index is 0.452. The Labute approximate surface area is 79.4 Å². The van der Waals surface area contributed by atoms with Crippen molar-refractivity contribution >= 4 is 0 Å². The summed E-state index contributed by atoms with van der Waals surface area (Å²) in [5.74, 6) is 0.944. The molecule has 0 radical (unpaired) electrons. The summed E-state index contributed by atoms with van der Waals surface area (Å²) in [7, 11) is 2.02. The maximum Gasteiger partial charge on any atom is 0.0573 e. The smallest absolute Gasteiger partial charge is 0.0573 e. The predicted molar refractivity (Wildman–Crippen MR) is 53.4 cm³/mol. The lowest BCUT2D eigenvalue weighted by Gasteiger charge is -2.14. The Morgan fingerprint density at radius 2 is 2.38 bits per heavy atom. The highest BCUT2D eigenvalue weighted by atomic mass is 14.9. The van der Waals surface area contributed by atoms with Crippen LogP contribution in [0.4, 0.5) is 0 Å². The zero-order chi connectivity index (χ0) is 9.10. The van der Waals surface area contributed by atoms with Crippen LogP contribution in [0.1, 0.15) is 31.0 Å². The van der Waals surface area contributed by atoms with Gasteiger partial charge in [0.05, 0.1) is 5.69 Å². The molecule has 0 amide bonds. The zero-order valence-corrected chi connectivity index (χ0v) is 8.03. The molecule has 2 rings (SSSR count). The van der Waals surface area contributed by atoms with Gasteiger partial charge in [-0.2, -0.15) is 0 Å². The topological polar surface area (TPSA) is 24.9 Å². The molecule has 70 valence electrons. The molecular weight excluding hydrogens is 160 g/mol. The fourth-order valence-electron chi connectivity index (χ4n) is 1.66. The highest BCUT2D eigenvalue weighted by molar-refractivity contribution is 5.09. The molecule has 0 saturated heterocycles. The Hall–Kier alpha value is -0.890. The third-order valence-corrected chi connectivity index (χ3v) is 2.66. The SMILES string of the molecule is CNC(CC1CC1)c1ccccn1. The van der Waals surface area contributed by atoms with E-state index in [1.54, 1.807) is 0 Å². The Bertz CT molecular complexity index is 254. The van der Waals surface area contributed by atoms with Gasteiger partial charge in [0.1, 0.15) is 0 Å². The fourth-order valence-corrected chi connectivity index (χ4v) is 1.66. The van der Waals surface area contributed by atoms with Gasteiger partial charge in [-0.15, -0.1) is 0 Å². The molecule has 1 atom stereocenters. The number of nitrogens with zero attached hydrogens (tertiary/aromatic N) is 1. The van der Waals surface area contributed by atoms with Gasteiger partial charge < -0.3 is 5.32 Å². The maximum absolute atomic E-state index is 4.37. The largest absolute Gasteiger partial charge is 0.312 e. The van der Waals surface area contributed by atoms with Crippen LogP contribution in [0.2, 0.25) is 0 Å². The normalized spacial score (nSPS) is 18.5. The fraction of sp³-hybridized carbons (Fsp3) is 0.545. The summed E-state index contributed by atoms with van der Waals surface area (Å²) in [6.45, 7) is 0. The van der Waals surface area contributed by atoms with Crippen LogP contribution >= 0.6 is 0 Å². The summed E-state index contributed by atoms with van der Waals surface area (Å²) >= 11 is 0. The second kappa shape index (κ2) is 3.88. The number of rotatable bonds is 4. The third-order valence-electron chi connectivity index (χ3n) is 2.66. The molecular formula is C11H16N2. The maximum atomic E-state index is 4.37. The molecule has 2 heteroatoms. The number of hydrogen-bond donors (Lipinski definition) is 1. The van der Waals surface area contributed by atoms with E-state index in [-0.39, 0.29) is 0 Å². The van der Waals surface area contributed by atoms with Gasteiger partial charge in [0, 0.05) is 12.2 Å². The van der Waals surface area contributed by atoms with Crippen molar-refractivity contribution in [2.75, 3.05) is 7.05 Å². The molecule has 1 unspecified atom stereocenters. The van der Waals surface area contributed by atoms with Crippen molar-refractivity contribution in [1.82, 2.24) is 10.3 Å². The summed E-state index contributed by atoms with van der Waals surface area (Å²) in [5, 5.41) is 3.33. The molecule has 1 aromatic heterocycles. The lowest BCUT2D eigenvalue weighted by molar-refractivity contribution is 0.503. The predicted octanol–water partition coefficient (Wildman–Crippen LogP) is 2.14. The summed E-state index contributed by atoms with van der Waals surface area (Å²) in [4.78, 5) is 4.37. The average molecular weight is 176 g/mol. The van der Waals surface area contributed by atoms with E-state index in [4.69, 9.17) is 0 Å². The van der Waals surface area contributed by atoms with Crippen LogP contribution in [0.3, 0.4) is 0 Å². The Kier molecular flexibility index (Phi) is 2.60. The lowest BCUT2D eigenvalue weighted by atomic mass is 10.1. The van der Waals surface area contributed by atoms with E-state index in [0.717, 1.165) is 5.92 Å². The van der Waals surface area contributed by atoms with Gasteiger partial charge in [0.15, 0.2) is 0 Å². The summed E-state index contributed by atoms with van der Waals surface area (Å²) in [5.41, 5.74) is 1.18. The first kappa shape index (κ1) is 8.70. The second-order valence-corrected chi connectivity index (χ2v) is 3.77. The van der Waals surface area contributed by atoms with Crippen molar-refractivity contribution in [1.29, 1.82) is 0 Å². The van der Waals surface area contributed by atoms with Crippen molar-refractivity contribution in [3.8, 4) is 0 Å². The minimum atomic E-state index is 0.452. The standard InChI is InChI=1S/C11H16N2/c1-12-11(8-9-5-6-9)10-4-2-3-7-13-10/h2-4,7,9,11-12H,5-6,8H2,1H3. The summed E-state index contributed by atoms with van der Waals surface area (Å²) in [6, 6.07) is 6.57. The van der Waals surface area contributed by atoms with Crippen molar-refractivity contribution in [2.24, 2.45) is 5.92 Å². The van der Waals surface area contributed by atoms with Crippen LogP contribution in [0.5, 0.6) is 0 Å². The molecule has 2 nitrogen and oxygen atoms in total. The molecule has 0 aliphatic heterocycles. The number of hydrogen-bond acceptors (Lipinski definition) is 2. The minimum Gasteiger partial charge on any atom is -0.312 e. The molecule has 0 spiro atoms. The molecule has 1 N–H and O–H groups in total. The Morgan fingerprint density at radius 3 is 2.92 bits per heavy atom. The van der Waals surface area contributed by atoms with E-state index in [0.29, 0.717) is 6.04 Å². The third kappa shape index (κ3) is 2.28. The van der Waals surface area contributed by atoms with Gasteiger partial charge in [0.25, 0.3) is 0 Å². The van der Waals surface area contributed by atoms with Gasteiger partial charge in [-0.25, -0.2) is 0 Å². The first-order valence-electron chi connectivity index (χ1n) is 4.98. The van der Waals surface area contributed by atoms with E-state index < -0.39 is 0 Å². The van der Waals surface area contributed by atoms with Crippen LogP contribution in [0.25, 0.3) is 0 Å². The van der Waals surface area contributed by atoms with Gasteiger partial charge in [-0.3, -0.25) is 4.98 Å². The van der Waals surface area contributed by atoms with Crippen LogP contribution in [-0.2, 0) is 0 Å². The van der Waals surface area contributed by atoms with Gasteiger partial charge >= 0.3 is 0 Å². The van der Waals surface area contributed by atoms with E-state index in [2.05, 4.69) is 22.4 Å². The van der Waals surface area contributed by atoms with Gasteiger partial charge in [-0.05, 0) is 31.5 Å². The van der Waals surface area contributed by atoms with E-state index >= 15 is 0 Å². The highest BCUT2D eigenvalue weighted by Crippen LogP contribution is 2.36. The first-order chi connectivity index (χ1) is 6.40. The van der Waals surface area contributed by atoms with E-state index in [1.807, 2.05) is 19.3 Å². The molecule has 1 saturated carbocycles. The molecule has 1 aliphatic rings. The average Bonchev–Trinajstić information content (AvgIpc) is 2.99. The van der Waals surface area contributed by atoms with Gasteiger partial charge in [0.2, 0.25) is 0 Å². The van der Waals surface area contributed by atoms with Crippen LogP contribution in [-0.4, -0.2) is 12.0 Å². The molecule has 0 aromatic carbocycles. The van der Waals surface area contributed by atoms with Crippen LogP contribution < -0.4 is 5.32 Å². The quantitative estimate of drug-likeness (QED) is 0.760. The van der Waals surface area contributed by atoms with Gasteiger partial charge in [-0.1, -0.05) is 18.9 Å². The van der Waals surface area contributed by atoms with Crippen molar-refractivity contribution in [2.45, 2.75) is 25.3 Å².